The quantitative estimate of drug-likeness (QED) is 0.840. The highest BCUT2D eigenvalue weighted by Crippen LogP contribution is 2.49. The molecule has 102 valence electrons. The number of carbonyl (C=O) groups excluding carboxylic acids is 1. The van der Waals surface area contributed by atoms with Gasteiger partial charge in [-0.2, -0.15) is 0 Å². The second kappa shape index (κ2) is 4.63. The molecule has 0 aliphatic heterocycles. The molecule has 0 radical (unpaired) electrons. The third-order valence-electron chi connectivity index (χ3n) is 3.89. The van der Waals surface area contributed by atoms with Gasteiger partial charge in [0, 0.05) is 11.9 Å². The summed E-state index contributed by atoms with van der Waals surface area (Å²) in [6, 6.07) is 11.4. The summed E-state index contributed by atoms with van der Waals surface area (Å²) in [4.78, 5) is 16.8. The number of hydrogen-bond acceptors (Lipinski definition) is 3. The Balaban J connectivity index is 1.84. The summed E-state index contributed by atoms with van der Waals surface area (Å²) in [5, 5.41) is 2.94. The molecule has 4 heteroatoms. The van der Waals surface area contributed by atoms with Crippen LogP contribution in [0.5, 0.6) is 0 Å². The molecule has 0 bridgehead atoms. The number of anilines is 2. The Hall–Kier alpha value is -2.36. The third-order valence-corrected chi connectivity index (χ3v) is 3.89. The van der Waals surface area contributed by atoms with Crippen LogP contribution in [0.1, 0.15) is 24.0 Å². The maximum absolute atomic E-state index is 12.6. The fraction of sp³-hybridized carbons (Fsp3) is 0.250. The molecule has 1 aromatic heterocycles. The van der Waals surface area contributed by atoms with Gasteiger partial charge in [0.05, 0.1) is 5.41 Å². The molecule has 2 aromatic rings. The monoisotopic (exact) mass is 267 g/mol. The molecule has 0 spiro atoms. The van der Waals surface area contributed by atoms with E-state index in [1.165, 1.54) is 0 Å². The lowest BCUT2D eigenvalue weighted by molar-refractivity contribution is -0.118. The van der Waals surface area contributed by atoms with Gasteiger partial charge in [0.2, 0.25) is 5.91 Å². The molecule has 1 saturated carbocycles. The number of nitrogens with one attached hydrogen (secondary N) is 1. The molecular formula is C16H17N3O. The van der Waals surface area contributed by atoms with Gasteiger partial charge in [-0.15, -0.1) is 0 Å². The molecule has 4 nitrogen and oxygen atoms in total. The van der Waals surface area contributed by atoms with Gasteiger partial charge in [-0.25, -0.2) is 4.98 Å². The fourth-order valence-electron chi connectivity index (χ4n) is 2.42. The van der Waals surface area contributed by atoms with E-state index < -0.39 is 5.41 Å². The predicted molar refractivity (Wildman–Crippen MR) is 79.4 cm³/mol. The van der Waals surface area contributed by atoms with Crippen molar-refractivity contribution in [2.45, 2.75) is 25.2 Å². The van der Waals surface area contributed by atoms with Crippen molar-refractivity contribution in [3.05, 3.63) is 53.7 Å². The first-order valence-electron chi connectivity index (χ1n) is 6.71. The van der Waals surface area contributed by atoms with Gasteiger partial charge in [0.15, 0.2) is 0 Å². The van der Waals surface area contributed by atoms with Crippen molar-refractivity contribution in [3.8, 4) is 0 Å². The predicted octanol–water partition coefficient (Wildman–Crippen LogP) is 2.64. The van der Waals surface area contributed by atoms with Gasteiger partial charge in [-0.05, 0) is 49.1 Å². The van der Waals surface area contributed by atoms with Crippen LogP contribution in [0.2, 0.25) is 0 Å². The van der Waals surface area contributed by atoms with Crippen molar-refractivity contribution < 1.29 is 4.79 Å². The van der Waals surface area contributed by atoms with Crippen molar-refractivity contribution in [2.75, 3.05) is 11.1 Å². The number of carbonyl (C=O) groups is 1. The van der Waals surface area contributed by atoms with Gasteiger partial charge in [-0.1, -0.05) is 18.2 Å². The molecule has 0 saturated heterocycles. The number of amides is 1. The summed E-state index contributed by atoms with van der Waals surface area (Å²) in [6.07, 6.45) is 3.43. The van der Waals surface area contributed by atoms with E-state index in [0.29, 0.717) is 11.5 Å². The topological polar surface area (TPSA) is 68.0 Å². The number of nitrogen functional groups attached to an aromatic ring is 1. The standard InChI is InChI=1S/C16H17N3O/c1-11-3-2-10-18-14(11)19-15(20)16(8-9-16)12-4-6-13(17)7-5-12/h2-7,10H,8-9,17H2,1H3,(H,18,19,20). The first-order chi connectivity index (χ1) is 9.62. The van der Waals surface area contributed by atoms with Crippen molar-refractivity contribution in [1.82, 2.24) is 4.98 Å². The first kappa shape index (κ1) is 12.7. The molecule has 3 N–H and O–H groups in total. The Kier molecular flexibility index (Phi) is 2.93. The number of nitrogens with two attached hydrogens (primary N) is 1. The maximum atomic E-state index is 12.6. The highest BCUT2D eigenvalue weighted by molar-refractivity contribution is 6.01. The average Bonchev–Trinajstić information content (AvgIpc) is 3.24. The molecule has 1 heterocycles. The SMILES string of the molecule is Cc1cccnc1NC(=O)C1(c2ccc(N)cc2)CC1. The lowest BCUT2D eigenvalue weighted by Gasteiger charge is -2.16. The van der Waals surface area contributed by atoms with Crippen molar-refractivity contribution >= 4 is 17.4 Å². The number of benzene rings is 1. The summed E-state index contributed by atoms with van der Waals surface area (Å²) in [6.45, 7) is 1.94. The minimum atomic E-state index is -0.405. The summed E-state index contributed by atoms with van der Waals surface area (Å²) in [5.41, 5.74) is 8.00. The second-order valence-corrected chi connectivity index (χ2v) is 5.33. The third kappa shape index (κ3) is 2.13. The maximum Gasteiger partial charge on any atom is 0.236 e. The Morgan fingerprint density at radius 1 is 1.25 bits per heavy atom. The zero-order valence-corrected chi connectivity index (χ0v) is 11.4. The number of aromatic nitrogens is 1. The van der Waals surface area contributed by atoms with Crippen LogP contribution in [-0.4, -0.2) is 10.9 Å². The molecule has 1 fully saturated rings. The van der Waals surface area contributed by atoms with Crippen LogP contribution in [0.4, 0.5) is 11.5 Å². The van der Waals surface area contributed by atoms with E-state index >= 15 is 0 Å². The van der Waals surface area contributed by atoms with Crippen LogP contribution in [0.3, 0.4) is 0 Å². The molecule has 1 aliphatic rings. The Morgan fingerprint density at radius 3 is 2.55 bits per heavy atom. The van der Waals surface area contributed by atoms with E-state index in [1.807, 2.05) is 43.3 Å². The molecule has 0 atom stereocenters. The highest BCUT2D eigenvalue weighted by Gasteiger charge is 2.51. The minimum absolute atomic E-state index is 0.0177. The van der Waals surface area contributed by atoms with Crippen LogP contribution in [0.15, 0.2) is 42.6 Å². The number of aryl methyl sites for hydroxylation is 1. The minimum Gasteiger partial charge on any atom is -0.399 e. The van der Waals surface area contributed by atoms with Crippen LogP contribution < -0.4 is 11.1 Å². The van der Waals surface area contributed by atoms with Crippen molar-refractivity contribution in [1.29, 1.82) is 0 Å². The van der Waals surface area contributed by atoms with Gasteiger partial charge >= 0.3 is 0 Å². The van der Waals surface area contributed by atoms with E-state index in [9.17, 15) is 4.79 Å². The Morgan fingerprint density at radius 2 is 1.95 bits per heavy atom. The smallest absolute Gasteiger partial charge is 0.236 e. The lowest BCUT2D eigenvalue weighted by Crippen LogP contribution is -2.28. The zero-order chi connectivity index (χ0) is 14.2. The van der Waals surface area contributed by atoms with Crippen LogP contribution in [-0.2, 0) is 10.2 Å². The van der Waals surface area contributed by atoms with Gasteiger partial charge in [0.25, 0.3) is 0 Å². The van der Waals surface area contributed by atoms with Crippen LogP contribution >= 0.6 is 0 Å². The summed E-state index contributed by atoms with van der Waals surface area (Å²) >= 11 is 0. The molecule has 20 heavy (non-hydrogen) atoms. The number of nitrogens with zero attached hydrogens (tertiary/aromatic N) is 1. The Bertz CT molecular complexity index is 645. The number of hydrogen-bond donors (Lipinski definition) is 2. The first-order valence-corrected chi connectivity index (χ1v) is 6.71. The average molecular weight is 267 g/mol. The van der Waals surface area contributed by atoms with E-state index in [4.69, 9.17) is 5.73 Å². The normalized spacial score (nSPS) is 15.7. The largest absolute Gasteiger partial charge is 0.399 e. The highest BCUT2D eigenvalue weighted by atomic mass is 16.2. The molecule has 0 unspecified atom stereocenters. The van der Waals surface area contributed by atoms with E-state index in [0.717, 1.165) is 24.0 Å². The number of rotatable bonds is 3. The molecule has 1 aromatic carbocycles. The van der Waals surface area contributed by atoms with E-state index in [-0.39, 0.29) is 5.91 Å². The summed E-state index contributed by atoms with van der Waals surface area (Å²) < 4.78 is 0. The van der Waals surface area contributed by atoms with Crippen LogP contribution in [0.25, 0.3) is 0 Å². The van der Waals surface area contributed by atoms with Gasteiger partial charge in [0.1, 0.15) is 5.82 Å². The lowest BCUT2D eigenvalue weighted by atomic mass is 9.94. The Labute approximate surface area is 118 Å². The summed E-state index contributed by atoms with van der Waals surface area (Å²) in [7, 11) is 0. The molecule has 1 aliphatic carbocycles. The van der Waals surface area contributed by atoms with Crippen molar-refractivity contribution in [2.24, 2.45) is 0 Å². The van der Waals surface area contributed by atoms with E-state index in [1.54, 1.807) is 6.20 Å². The van der Waals surface area contributed by atoms with Crippen LogP contribution in [0, 0.1) is 6.92 Å². The van der Waals surface area contributed by atoms with Crippen molar-refractivity contribution in [3.63, 3.8) is 0 Å². The fourth-order valence-corrected chi connectivity index (χ4v) is 2.42. The van der Waals surface area contributed by atoms with Gasteiger partial charge in [-0.3, -0.25) is 4.79 Å². The van der Waals surface area contributed by atoms with E-state index in [2.05, 4.69) is 10.3 Å². The molecular weight excluding hydrogens is 250 g/mol. The molecule has 1 amide bonds. The molecule has 3 rings (SSSR count). The summed E-state index contributed by atoms with van der Waals surface area (Å²) in [5.74, 6) is 0.656. The second-order valence-electron chi connectivity index (χ2n) is 5.33. The van der Waals surface area contributed by atoms with Gasteiger partial charge < -0.3 is 11.1 Å². The zero-order valence-electron chi connectivity index (χ0n) is 11.4. The number of pyridine rings is 1.